The third-order valence-electron chi connectivity index (χ3n) is 2.99. The van der Waals surface area contributed by atoms with Crippen LogP contribution in [-0.2, 0) is 6.42 Å². The molecule has 2 aromatic heterocycles. The summed E-state index contributed by atoms with van der Waals surface area (Å²) in [5, 5.41) is 9.08. The Balaban J connectivity index is 2.03. The van der Waals surface area contributed by atoms with Gasteiger partial charge in [-0.1, -0.05) is 29.8 Å². The Morgan fingerprint density at radius 3 is 2.79 bits per heavy atom. The molecule has 19 heavy (non-hydrogen) atoms. The van der Waals surface area contributed by atoms with Crippen molar-refractivity contribution < 1.29 is 4.74 Å². The second kappa shape index (κ2) is 4.90. The molecule has 5 heteroatoms. The van der Waals surface area contributed by atoms with Crippen molar-refractivity contribution in [1.29, 1.82) is 0 Å². The van der Waals surface area contributed by atoms with E-state index in [0.29, 0.717) is 6.42 Å². The second-order valence-corrected chi connectivity index (χ2v) is 4.59. The van der Waals surface area contributed by atoms with Crippen LogP contribution in [0.4, 0.5) is 0 Å². The first-order valence-electron chi connectivity index (χ1n) is 5.89. The van der Waals surface area contributed by atoms with Crippen LogP contribution in [0.1, 0.15) is 11.4 Å². The first-order valence-corrected chi connectivity index (χ1v) is 6.27. The molecule has 0 amide bonds. The molecule has 0 N–H and O–H groups in total. The summed E-state index contributed by atoms with van der Waals surface area (Å²) < 4.78 is 7.14. The number of pyridine rings is 1. The fourth-order valence-electron chi connectivity index (χ4n) is 1.97. The summed E-state index contributed by atoms with van der Waals surface area (Å²) in [6.07, 6.45) is 2.51. The van der Waals surface area contributed by atoms with Gasteiger partial charge in [0.05, 0.1) is 13.3 Å². The first kappa shape index (κ1) is 12.0. The number of rotatable bonds is 3. The highest BCUT2D eigenvalue weighted by molar-refractivity contribution is 6.31. The summed E-state index contributed by atoms with van der Waals surface area (Å²) in [5.41, 5.74) is 1.82. The highest BCUT2D eigenvalue weighted by Crippen LogP contribution is 2.19. The predicted molar refractivity (Wildman–Crippen MR) is 73.8 cm³/mol. The van der Waals surface area contributed by atoms with Crippen molar-refractivity contribution >= 4 is 17.2 Å². The molecule has 3 rings (SSSR count). The predicted octanol–water partition coefficient (Wildman–Crippen LogP) is 2.98. The lowest BCUT2D eigenvalue weighted by Gasteiger charge is -2.04. The van der Waals surface area contributed by atoms with E-state index in [1.807, 2.05) is 47.0 Å². The standard InChI is InChI=1S/C14H12ClN3O/c1-19-11-6-7-13-16-17-14(18(13)9-11)8-10-4-2-3-5-12(10)15/h2-7,9H,8H2,1H3. The van der Waals surface area contributed by atoms with E-state index in [-0.39, 0.29) is 0 Å². The minimum Gasteiger partial charge on any atom is -0.495 e. The van der Waals surface area contributed by atoms with Gasteiger partial charge < -0.3 is 4.74 Å². The van der Waals surface area contributed by atoms with Crippen molar-refractivity contribution in [3.8, 4) is 5.75 Å². The Hall–Kier alpha value is -2.07. The molecular weight excluding hydrogens is 262 g/mol. The summed E-state index contributed by atoms with van der Waals surface area (Å²) in [6, 6.07) is 11.5. The van der Waals surface area contributed by atoms with Crippen molar-refractivity contribution in [2.75, 3.05) is 7.11 Å². The van der Waals surface area contributed by atoms with E-state index >= 15 is 0 Å². The lowest BCUT2D eigenvalue weighted by molar-refractivity contribution is 0.412. The van der Waals surface area contributed by atoms with Crippen molar-refractivity contribution in [3.63, 3.8) is 0 Å². The molecule has 0 unspecified atom stereocenters. The van der Waals surface area contributed by atoms with Gasteiger partial charge in [-0.05, 0) is 23.8 Å². The number of benzene rings is 1. The van der Waals surface area contributed by atoms with Crippen LogP contribution in [-0.4, -0.2) is 21.7 Å². The van der Waals surface area contributed by atoms with Crippen molar-refractivity contribution in [2.24, 2.45) is 0 Å². The van der Waals surface area contributed by atoms with Crippen LogP contribution in [0, 0.1) is 0 Å². The molecular formula is C14H12ClN3O. The lowest BCUT2D eigenvalue weighted by atomic mass is 10.1. The molecule has 0 fully saturated rings. The Morgan fingerprint density at radius 1 is 1.16 bits per heavy atom. The number of nitrogens with zero attached hydrogens (tertiary/aromatic N) is 3. The van der Waals surface area contributed by atoms with Gasteiger partial charge in [-0.2, -0.15) is 0 Å². The van der Waals surface area contributed by atoms with E-state index < -0.39 is 0 Å². The van der Waals surface area contributed by atoms with Crippen molar-refractivity contribution in [3.05, 3.63) is 59.0 Å². The van der Waals surface area contributed by atoms with E-state index in [2.05, 4.69) is 10.2 Å². The molecule has 2 heterocycles. The third kappa shape index (κ3) is 2.27. The molecule has 0 aliphatic heterocycles. The summed E-state index contributed by atoms with van der Waals surface area (Å²) in [7, 11) is 1.64. The van der Waals surface area contributed by atoms with Gasteiger partial charge in [0.15, 0.2) is 5.65 Å². The number of hydrogen-bond acceptors (Lipinski definition) is 3. The van der Waals surface area contributed by atoms with Gasteiger partial charge in [0.25, 0.3) is 0 Å². The number of methoxy groups -OCH3 is 1. The van der Waals surface area contributed by atoms with Crippen LogP contribution in [0.5, 0.6) is 5.75 Å². The minimum atomic E-state index is 0.633. The summed E-state index contributed by atoms with van der Waals surface area (Å²) >= 11 is 6.17. The molecule has 0 aliphatic carbocycles. The SMILES string of the molecule is COc1ccc2nnc(Cc3ccccc3Cl)n2c1. The molecule has 0 aliphatic rings. The van der Waals surface area contributed by atoms with Gasteiger partial charge in [-0.15, -0.1) is 10.2 Å². The number of ether oxygens (including phenoxy) is 1. The molecule has 0 saturated heterocycles. The molecule has 1 aromatic carbocycles. The molecule has 4 nitrogen and oxygen atoms in total. The molecule has 0 radical (unpaired) electrons. The zero-order chi connectivity index (χ0) is 13.2. The van der Waals surface area contributed by atoms with E-state index in [1.54, 1.807) is 7.11 Å². The quantitative estimate of drug-likeness (QED) is 0.736. The minimum absolute atomic E-state index is 0.633. The fourth-order valence-corrected chi connectivity index (χ4v) is 2.17. The van der Waals surface area contributed by atoms with Crippen molar-refractivity contribution in [1.82, 2.24) is 14.6 Å². The number of fused-ring (bicyclic) bond motifs is 1. The summed E-state index contributed by atoms with van der Waals surface area (Å²) in [4.78, 5) is 0. The molecule has 0 bridgehead atoms. The van der Waals surface area contributed by atoms with Gasteiger partial charge >= 0.3 is 0 Å². The molecule has 0 atom stereocenters. The Morgan fingerprint density at radius 2 is 2.00 bits per heavy atom. The second-order valence-electron chi connectivity index (χ2n) is 4.18. The normalized spacial score (nSPS) is 10.8. The Labute approximate surface area is 115 Å². The van der Waals surface area contributed by atoms with Gasteiger partial charge in [0.1, 0.15) is 11.6 Å². The van der Waals surface area contributed by atoms with Gasteiger partial charge in [0.2, 0.25) is 0 Å². The Kier molecular flexibility index (Phi) is 3.09. The van der Waals surface area contributed by atoms with Crippen LogP contribution in [0.3, 0.4) is 0 Å². The van der Waals surface area contributed by atoms with E-state index in [4.69, 9.17) is 16.3 Å². The van der Waals surface area contributed by atoms with Gasteiger partial charge in [-0.3, -0.25) is 4.40 Å². The third-order valence-corrected chi connectivity index (χ3v) is 3.36. The fraction of sp³-hybridized carbons (Fsp3) is 0.143. The maximum absolute atomic E-state index is 6.17. The maximum atomic E-state index is 6.17. The van der Waals surface area contributed by atoms with E-state index in [9.17, 15) is 0 Å². The van der Waals surface area contributed by atoms with Gasteiger partial charge in [0, 0.05) is 11.4 Å². The van der Waals surface area contributed by atoms with Crippen LogP contribution in [0.15, 0.2) is 42.6 Å². The zero-order valence-corrected chi connectivity index (χ0v) is 11.1. The van der Waals surface area contributed by atoms with E-state index in [1.165, 1.54) is 0 Å². The number of aromatic nitrogens is 3. The van der Waals surface area contributed by atoms with Crippen molar-refractivity contribution in [2.45, 2.75) is 6.42 Å². The Bertz CT molecular complexity index is 724. The van der Waals surface area contributed by atoms with Gasteiger partial charge in [-0.25, -0.2) is 0 Å². The average molecular weight is 274 g/mol. The molecule has 0 saturated carbocycles. The zero-order valence-electron chi connectivity index (χ0n) is 10.4. The lowest BCUT2D eigenvalue weighted by Crippen LogP contribution is -1.97. The number of hydrogen-bond donors (Lipinski definition) is 0. The average Bonchev–Trinajstić information content (AvgIpc) is 2.84. The first-order chi connectivity index (χ1) is 9.28. The van der Waals surface area contributed by atoms with Crippen LogP contribution in [0.25, 0.3) is 5.65 Å². The van der Waals surface area contributed by atoms with Crippen LogP contribution < -0.4 is 4.74 Å². The highest BCUT2D eigenvalue weighted by Gasteiger charge is 2.09. The summed E-state index contributed by atoms with van der Waals surface area (Å²) in [6.45, 7) is 0. The van der Waals surface area contributed by atoms with E-state index in [0.717, 1.165) is 27.8 Å². The summed E-state index contributed by atoms with van der Waals surface area (Å²) in [5.74, 6) is 1.61. The number of halogens is 1. The van der Waals surface area contributed by atoms with Crippen LogP contribution in [0.2, 0.25) is 5.02 Å². The largest absolute Gasteiger partial charge is 0.495 e. The molecule has 3 aromatic rings. The van der Waals surface area contributed by atoms with Crippen LogP contribution >= 0.6 is 11.6 Å². The monoisotopic (exact) mass is 273 g/mol. The smallest absolute Gasteiger partial charge is 0.161 e. The maximum Gasteiger partial charge on any atom is 0.161 e. The molecule has 0 spiro atoms. The highest BCUT2D eigenvalue weighted by atomic mass is 35.5. The molecule has 96 valence electrons. The topological polar surface area (TPSA) is 39.4 Å².